The van der Waals surface area contributed by atoms with Crippen molar-refractivity contribution >= 4 is 46.5 Å². The average Bonchev–Trinajstić information content (AvgIpc) is 2.49. The van der Waals surface area contributed by atoms with E-state index in [1.807, 2.05) is 4.98 Å². The molecule has 2 heterocycles. The minimum absolute atomic E-state index is 0.0000796. The Labute approximate surface area is 137 Å². The van der Waals surface area contributed by atoms with Crippen molar-refractivity contribution in [1.82, 2.24) is 25.1 Å². The predicted molar refractivity (Wildman–Crippen MR) is 86.3 cm³/mol. The van der Waals surface area contributed by atoms with Crippen LogP contribution in [-0.4, -0.2) is 31.4 Å². The van der Waals surface area contributed by atoms with Gasteiger partial charge in [0.2, 0.25) is 0 Å². The molecular weight excluding hydrogens is 345 g/mol. The maximum atomic E-state index is 11.5. The van der Waals surface area contributed by atoms with Crippen molar-refractivity contribution in [3.8, 4) is 0 Å². The quantitative estimate of drug-likeness (QED) is 0.479. The van der Waals surface area contributed by atoms with Crippen molar-refractivity contribution in [3.63, 3.8) is 0 Å². The molecule has 0 atom stereocenters. The van der Waals surface area contributed by atoms with E-state index in [0.717, 1.165) is 0 Å². The number of halogens is 2. The van der Waals surface area contributed by atoms with Crippen molar-refractivity contribution < 1.29 is 0 Å². The molecule has 11 heteroatoms. The summed E-state index contributed by atoms with van der Waals surface area (Å²) in [5.41, 5.74) is 1.70. The molecule has 0 radical (unpaired) electrons. The van der Waals surface area contributed by atoms with Gasteiger partial charge in [-0.3, -0.25) is 14.8 Å². The molecule has 3 N–H and O–H groups in total. The number of hydrogen-bond acceptors (Lipinski definition) is 7. The number of aromatic amines is 2. The number of anilines is 1. The van der Waals surface area contributed by atoms with Crippen LogP contribution in [0.1, 0.15) is 5.56 Å². The normalized spacial score (nSPS) is 11.2. The third-order valence-electron chi connectivity index (χ3n) is 2.69. The molecule has 116 valence electrons. The van der Waals surface area contributed by atoms with Gasteiger partial charge in [0.05, 0.1) is 11.2 Å². The van der Waals surface area contributed by atoms with E-state index in [1.54, 1.807) is 18.2 Å². The first kappa shape index (κ1) is 15.1. The van der Waals surface area contributed by atoms with E-state index >= 15 is 0 Å². The summed E-state index contributed by atoms with van der Waals surface area (Å²) in [7, 11) is 0. The minimum atomic E-state index is -0.689. The fourth-order valence-electron chi connectivity index (χ4n) is 1.68. The van der Waals surface area contributed by atoms with Crippen molar-refractivity contribution in [2.75, 3.05) is 5.43 Å². The van der Waals surface area contributed by atoms with Crippen LogP contribution in [0.2, 0.25) is 10.0 Å². The predicted octanol–water partition coefficient (Wildman–Crippen LogP) is 1.15. The molecular formula is C12H7Cl2N7O2. The van der Waals surface area contributed by atoms with E-state index in [2.05, 4.69) is 30.7 Å². The highest BCUT2D eigenvalue weighted by Gasteiger charge is 2.06. The number of aromatic nitrogens is 5. The summed E-state index contributed by atoms with van der Waals surface area (Å²) in [6.07, 6.45) is 1.44. The SMILES string of the molecule is O=c1[nH]c(=O)c2nnc(N/N=C\c3ccc(Cl)cc3Cl)nc2[nH]1. The van der Waals surface area contributed by atoms with E-state index in [0.29, 0.717) is 15.6 Å². The first-order valence-corrected chi connectivity index (χ1v) is 6.90. The zero-order valence-electron chi connectivity index (χ0n) is 11.2. The summed E-state index contributed by atoms with van der Waals surface area (Å²) >= 11 is 11.8. The second-order valence-electron chi connectivity index (χ2n) is 4.28. The first-order chi connectivity index (χ1) is 11.0. The molecule has 9 nitrogen and oxygen atoms in total. The summed E-state index contributed by atoms with van der Waals surface area (Å²) in [5.74, 6) is 0.0000796. The van der Waals surface area contributed by atoms with Gasteiger partial charge in [0.25, 0.3) is 11.5 Å². The number of nitrogens with one attached hydrogen (secondary N) is 3. The highest BCUT2D eigenvalue weighted by atomic mass is 35.5. The second-order valence-corrected chi connectivity index (χ2v) is 5.12. The number of rotatable bonds is 3. The Hall–Kier alpha value is -2.78. The molecule has 0 saturated carbocycles. The molecule has 0 fully saturated rings. The van der Waals surface area contributed by atoms with Crippen LogP contribution in [-0.2, 0) is 0 Å². The minimum Gasteiger partial charge on any atom is -0.290 e. The fourth-order valence-corrected chi connectivity index (χ4v) is 2.14. The van der Waals surface area contributed by atoms with E-state index in [1.165, 1.54) is 6.21 Å². The van der Waals surface area contributed by atoms with Gasteiger partial charge in [0, 0.05) is 10.6 Å². The Balaban J connectivity index is 1.85. The standard InChI is InChI=1S/C12H7Cl2N7O2/c13-6-2-1-5(7(14)3-6)4-15-20-11-16-9-8(19-21-11)10(22)18-12(23)17-9/h1-4H,(H3,16,17,18,20,21,22,23)/b15-4-. The van der Waals surface area contributed by atoms with Gasteiger partial charge in [-0.2, -0.15) is 10.1 Å². The van der Waals surface area contributed by atoms with Gasteiger partial charge in [-0.25, -0.2) is 10.2 Å². The van der Waals surface area contributed by atoms with Crippen LogP contribution in [0, 0.1) is 0 Å². The number of nitrogens with zero attached hydrogens (tertiary/aromatic N) is 4. The van der Waals surface area contributed by atoms with Crippen LogP contribution in [0.3, 0.4) is 0 Å². The summed E-state index contributed by atoms with van der Waals surface area (Å²) in [6, 6.07) is 4.93. The molecule has 0 saturated heterocycles. The van der Waals surface area contributed by atoms with Crippen molar-refractivity contribution in [2.45, 2.75) is 0 Å². The second kappa shape index (κ2) is 6.15. The lowest BCUT2D eigenvalue weighted by Crippen LogP contribution is -2.23. The van der Waals surface area contributed by atoms with Gasteiger partial charge >= 0.3 is 5.69 Å². The largest absolute Gasteiger partial charge is 0.327 e. The lowest BCUT2D eigenvalue weighted by Gasteiger charge is -2.00. The number of benzene rings is 1. The number of hydrogen-bond donors (Lipinski definition) is 3. The average molecular weight is 352 g/mol. The van der Waals surface area contributed by atoms with Gasteiger partial charge in [-0.05, 0) is 12.1 Å². The molecule has 0 unspecified atom stereocenters. The first-order valence-electron chi connectivity index (χ1n) is 6.14. The Kier molecular flexibility index (Phi) is 4.04. The van der Waals surface area contributed by atoms with Crippen LogP contribution in [0.15, 0.2) is 32.9 Å². The smallest absolute Gasteiger partial charge is 0.290 e. The maximum Gasteiger partial charge on any atom is 0.327 e. The van der Waals surface area contributed by atoms with Crippen molar-refractivity contribution in [2.24, 2.45) is 5.10 Å². The molecule has 23 heavy (non-hydrogen) atoms. The van der Waals surface area contributed by atoms with Crippen LogP contribution in [0.4, 0.5) is 5.95 Å². The Morgan fingerprint density at radius 2 is 2.00 bits per heavy atom. The van der Waals surface area contributed by atoms with Gasteiger partial charge in [-0.15, -0.1) is 10.2 Å². The molecule has 0 spiro atoms. The highest BCUT2D eigenvalue weighted by Crippen LogP contribution is 2.19. The molecule has 0 aliphatic heterocycles. The van der Waals surface area contributed by atoms with E-state index in [9.17, 15) is 9.59 Å². The van der Waals surface area contributed by atoms with Gasteiger partial charge in [-0.1, -0.05) is 29.3 Å². The monoisotopic (exact) mass is 351 g/mol. The topological polar surface area (TPSA) is 129 Å². The van der Waals surface area contributed by atoms with E-state index in [4.69, 9.17) is 23.2 Å². The van der Waals surface area contributed by atoms with Crippen molar-refractivity contribution in [3.05, 3.63) is 54.6 Å². The van der Waals surface area contributed by atoms with Crippen LogP contribution in [0.25, 0.3) is 11.2 Å². The third-order valence-corrected chi connectivity index (χ3v) is 3.25. The highest BCUT2D eigenvalue weighted by molar-refractivity contribution is 6.36. The number of H-pyrrole nitrogens is 2. The Morgan fingerprint density at radius 1 is 1.17 bits per heavy atom. The molecule has 0 aliphatic carbocycles. The van der Waals surface area contributed by atoms with Crippen molar-refractivity contribution in [1.29, 1.82) is 0 Å². The maximum absolute atomic E-state index is 11.5. The van der Waals surface area contributed by atoms with Gasteiger partial charge in [0.1, 0.15) is 0 Å². The van der Waals surface area contributed by atoms with Crippen LogP contribution >= 0.6 is 23.2 Å². The summed E-state index contributed by atoms with van der Waals surface area (Å²) in [4.78, 5) is 31.0. The van der Waals surface area contributed by atoms with Gasteiger partial charge in [0.15, 0.2) is 11.2 Å². The molecule has 0 amide bonds. The van der Waals surface area contributed by atoms with Crippen LogP contribution < -0.4 is 16.7 Å². The lowest BCUT2D eigenvalue weighted by molar-refractivity contribution is 0.960. The van der Waals surface area contributed by atoms with E-state index < -0.39 is 11.2 Å². The zero-order chi connectivity index (χ0) is 16.4. The molecule has 0 bridgehead atoms. The summed E-state index contributed by atoms with van der Waals surface area (Å²) in [5, 5.41) is 12.2. The number of fused-ring (bicyclic) bond motifs is 1. The molecule has 0 aliphatic rings. The fraction of sp³-hybridized carbons (Fsp3) is 0. The summed E-state index contributed by atoms with van der Waals surface area (Å²) < 4.78 is 0. The summed E-state index contributed by atoms with van der Waals surface area (Å²) in [6.45, 7) is 0. The van der Waals surface area contributed by atoms with Crippen LogP contribution in [0.5, 0.6) is 0 Å². The zero-order valence-corrected chi connectivity index (χ0v) is 12.7. The molecule has 2 aromatic heterocycles. The molecule has 1 aromatic carbocycles. The Morgan fingerprint density at radius 3 is 2.78 bits per heavy atom. The lowest BCUT2D eigenvalue weighted by atomic mass is 10.2. The van der Waals surface area contributed by atoms with E-state index in [-0.39, 0.29) is 17.1 Å². The number of hydrazone groups is 1. The molecule has 3 rings (SSSR count). The molecule has 3 aromatic rings. The third kappa shape index (κ3) is 3.35. The Bertz CT molecular complexity index is 1030. The van der Waals surface area contributed by atoms with Gasteiger partial charge < -0.3 is 0 Å².